The molecule has 0 unspecified atom stereocenters. The standard InChI is InChI=1S/C18H26ClN3O4/c1-18(2,3)22(17(24)25)10-12-4-5-14(19)8-13(12)9-21-16(23)15-11-26-7-6-20-15/h4-5,8,15,20H,6-7,9-11H2,1-3H3,(H,21,23)(H,24,25)/t15-/m0/s1. The monoisotopic (exact) mass is 383 g/mol. The number of hydrogen-bond donors (Lipinski definition) is 3. The highest BCUT2D eigenvalue weighted by atomic mass is 35.5. The van der Waals surface area contributed by atoms with Crippen LogP contribution in [0.15, 0.2) is 18.2 Å². The van der Waals surface area contributed by atoms with Crippen LogP contribution in [0.1, 0.15) is 31.9 Å². The maximum atomic E-state index is 12.3. The van der Waals surface area contributed by atoms with Crippen molar-refractivity contribution in [2.45, 2.75) is 45.4 Å². The quantitative estimate of drug-likeness (QED) is 0.725. The summed E-state index contributed by atoms with van der Waals surface area (Å²) in [7, 11) is 0. The molecule has 0 aromatic heterocycles. The molecule has 0 bridgehead atoms. The third-order valence-corrected chi connectivity index (χ3v) is 4.46. The van der Waals surface area contributed by atoms with E-state index >= 15 is 0 Å². The molecule has 1 aromatic carbocycles. The minimum Gasteiger partial charge on any atom is -0.465 e. The Kier molecular flexibility index (Phi) is 6.86. The molecular formula is C18H26ClN3O4. The van der Waals surface area contributed by atoms with E-state index in [1.54, 1.807) is 18.2 Å². The second-order valence-electron chi connectivity index (χ2n) is 7.25. The van der Waals surface area contributed by atoms with Gasteiger partial charge in [0.05, 0.1) is 13.2 Å². The average Bonchev–Trinajstić information content (AvgIpc) is 2.58. The van der Waals surface area contributed by atoms with Crippen LogP contribution >= 0.6 is 11.6 Å². The molecule has 0 spiro atoms. The molecule has 1 saturated heterocycles. The number of hydrogen-bond acceptors (Lipinski definition) is 4. The SMILES string of the molecule is CC(C)(C)N(Cc1ccc(Cl)cc1CNC(=O)[C@@H]1COCCN1)C(=O)O. The van der Waals surface area contributed by atoms with Gasteiger partial charge in [0.15, 0.2) is 0 Å². The van der Waals surface area contributed by atoms with Gasteiger partial charge in [0.25, 0.3) is 0 Å². The third-order valence-electron chi connectivity index (χ3n) is 4.23. The van der Waals surface area contributed by atoms with Gasteiger partial charge in [0.1, 0.15) is 6.04 Å². The second-order valence-corrected chi connectivity index (χ2v) is 7.69. The van der Waals surface area contributed by atoms with Crippen molar-refractivity contribution in [3.05, 3.63) is 34.3 Å². The van der Waals surface area contributed by atoms with Crippen molar-refractivity contribution >= 4 is 23.6 Å². The lowest BCUT2D eigenvalue weighted by Gasteiger charge is -2.33. The van der Waals surface area contributed by atoms with Crippen LogP contribution in [0, 0.1) is 0 Å². The van der Waals surface area contributed by atoms with Gasteiger partial charge in [-0.3, -0.25) is 9.69 Å². The summed E-state index contributed by atoms with van der Waals surface area (Å²) < 4.78 is 5.30. The Labute approximate surface area is 158 Å². The maximum absolute atomic E-state index is 12.3. The van der Waals surface area contributed by atoms with Gasteiger partial charge < -0.3 is 20.5 Å². The van der Waals surface area contributed by atoms with Crippen LogP contribution in [-0.2, 0) is 22.6 Å². The molecule has 144 valence electrons. The van der Waals surface area contributed by atoms with Gasteiger partial charge in [-0.25, -0.2) is 4.79 Å². The number of ether oxygens (including phenoxy) is 1. The number of nitrogens with one attached hydrogen (secondary N) is 2. The molecule has 1 fully saturated rings. The fourth-order valence-corrected chi connectivity index (χ4v) is 2.91. The van der Waals surface area contributed by atoms with E-state index in [9.17, 15) is 14.7 Å². The first-order chi connectivity index (χ1) is 12.2. The molecule has 1 aliphatic heterocycles. The molecule has 7 nitrogen and oxygen atoms in total. The van der Waals surface area contributed by atoms with Crippen molar-refractivity contribution in [2.75, 3.05) is 19.8 Å². The molecule has 3 N–H and O–H groups in total. The highest BCUT2D eigenvalue weighted by Gasteiger charge is 2.27. The van der Waals surface area contributed by atoms with E-state index in [-0.39, 0.29) is 25.0 Å². The van der Waals surface area contributed by atoms with Crippen LogP contribution in [0.2, 0.25) is 5.02 Å². The zero-order valence-electron chi connectivity index (χ0n) is 15.3. The maximum Gasteiger partial charge on any atom is 0.408 e. The van der Waals surface area contributed by atoms with E-state index in [2.05, 4.69) is 10.6 Å². The van der Waals surface area contributed by atoms with Crippen molar-refractivity contribution in [1.82, 2.24) is 15.5 Å². The number of amides is 2. The summed E-state index contributed by atoms with van der Waals surface area (Å²) in [6, 6.07) is 4.90. The van der Waals surface area contributed by atoms with Crippen LogP contribution in [-0.4, -0.2) is 53.3 Å². The Morgan fingerprint density at radius 2 is 2.12 bits per heavy atom. The molecule has 1 atom stereocenters. The van der Waals surface area contributed by atoms with E-state index in [0.717, 1.165) is 11.1 Å². The fraction of sp³-hybridized carbons (Fsp3) is 0.556. The summed E-state index contributed by atoms with van der Waals surface area (Å²) in [6.07, 6.45) is -0.994. The molecule has 0 aliphatic carbocycles. The van der Waals surface area contributed by atoms with Gasteiger partial charge in [-0.2, -0.15) is 0 Å². The van der Waals surface area contributed by atoms with Gasteiger partial charge >= 0.3 is 6.09 Å². The van der Waals surface area contributed by atoms with Crippen LogP contribution in [0.3, 0.4) is 0 Å². The number of nitrogens with zero attached hydrogens (tertiary/aromatic N) is 1. The summed E-state index contributed by atoms with van der Waals surface area (Å²) in [6.45, 7) is 7.58. The number of carbonyl (C=O) groups is 2. The smallest absolute Gasteiger partial charge is 0.408 e. The summed E-state index contributed by atoms with van der Waals surface area (Å²) in [5.74, 6) is -0.151. The highest BCUT2D eigenvalue weighted by molar-refractivity contribution is 6.30. The van der Waals surface area contributed by atoms with E-state index < -0.39 is 11.6 Å². The molecule has 0 radical (unpaired) electrons. The first-order valence-electron chi connectivity index (χ1n) is 8.55. The van der Waals surface area contributed by atoms with Crippen molar-refractivity contribution < 1.29 is 19.4 Å². The number of carbonyl (C=O) groups excluding carboxylic acids is 1. The number of halogens is 1. The molecular weight excluding hydrogens is 358 g/mol. The van der Waals surface area contributed by atoms with Gasteiger partial charge in [0, 0.05) is 30.2 Å². The Morgan fingerprint density at radius 3 is 2.69 bits per heavy atom. The first-order valence-corrected chi connectivity index (χ1v) is 8.93. The predicted molar refractivity (Wildman–Crippen MR) is 99.2 cm³/mol. The Balaban J connectivity index is 2.11. The number of rotatable bonds is 5. The van der Waals surface area contributed by atoms with E-state index in [0.29, 0.717) is 24.8 Å². The summed E-state index contributed by atoms with van der Waals surface area (Å²) >= 11 is 6.09. The van der Waals surface area contributed by atoms with Crippen LogP contribution in [0.25, 0.3) is 0 Å². The Morgan fingerprint density at radius 1 is 1.38 bits per heavy atom. The van der Waals surface area contributed by atoms with Crippen molar-refractivity contribution in [3.8, 4) is 0 Å². The highest BCUT2D eigenvalue weighted by Crippen LogP contribution is 2.22. The first kappa shape index (κ1) is 20.5. The number of carboxylic acid groups (broad SMARTS) is 1. The van der Waals surface area contributed by atoms with Crippen LogP contribution in [0.5, 0.6) is 0 Å². The van der Waals surface area contributed by atoms with Crippen LogP contribution in [0.4, 0.5) is 4.79 Å². The Bertz CT molecular complexity index is 654. The van der Waals surface area contributed by atoms with Gasteiger partial charge in [-0.05, 0) is 44.0 Å². The number of morpholine rings is 1. The zero-order chi connectivity index (χ0) is 19.3. The van der Waals surface area contributed by atoms with Gasteiger partial charge in [-0.1, -0.05) is 17.7 Å². The summed E-state index contributed by atoms with van der Waals surface area (Å²) in [5, 5.41) is 16.0. The zero-order valence-corrected chi connectivity index (χ0v) is 16.1. The van der Waals surface area contributed by atoms with E-state index in [1.807, 2.05) is 20.8 Å². The molecule has 1 heterocycles. The lowest BCUT2D eigenvalue weighted by molar-refractivity contribution is -0.126. The van der Waals surface area contributed by atoms with E-state index in [4.69, 9.17) is 16.3 Å². The summed E-state index contributed by atoms with van der Waals surface area (Å²) in [5.41, 5.74) is 1.05. The molecule has 2 amide bonds. The predicted octanol–water partition coefficient (Wildman–Crippen LogP) is 2.22. The third kappa shape index (κ3) is 5.59. The average molecular weight is 384 g/mol. The Hall–Kier alpha value is -1.83. The molecule has 26 heavy (non-hydrogen) atoms. The van der Waals surface area contributed by atoms with Crippen molar-refractivity contribution in [2.24, 2.45) is 0 Å². The molecule has 1 aromatic rings. The summed E-state index contributed by atoms with van der Waals surface area (Å²) in [4.78, 5) is 25.2. The van der Waals surface area contributed by atoms with Gasteiger partial charge in [0.2, 0.25) is 5.91 Å². The lowest BCUT2D eigenvalue weighted by atomic mass is 10.0. The van der Waals surface area contributed by atoms with Crippen LogP contribution < -0.4 is 10.6 Å². The topological polar surface area (TPSA) is 90.9 Å². The second kappa shape index (κ2) is 8.70. The lowest BCUT2D eigenvalue weighted by Crippen LogP contribution is -2.51. The minimum absolute atomic E-state index is 0.151. The molecule has 2 rings (SSSR count). The van der Waals surface area contributed by atoms with Crippen molar-refractivity contribution in [1.29, 1.82) is 0 Å². The van der Waals surface area contributed by atoms with E-state index in [1.165, 1.54) is 4.90 Å². The van der Waals surface area contributed by atoms with Gasteiger partial charge in [-0.15, -0.1) is 0 Å². The largest absolute Gasteiger partial charge is 0.465 e. The fourth-order valence-electron chi connectivity index (χ4n) is 2.71. The minimum atomic E-state index is -0.994. The molecule has 8 heteroatoms. The number of benzene rings is 1. The molecule has 0 saturated carbocycles. The molecule has 1 aliphatic rings. The van der Waals surface area contributed by atoms with Crippen molar-refractivity contribution in [3.63, 3.8) is 0 Å². The normalized spacial score (nSPS) is 17.6.